The lowest BCUT2D eigenvalue weighted by molar-refractivity contribution is -0.145. The van der Waals surface area contributed by atoms with Gasteiger partial charge in [-0.25, -0.2) is 4.79 Å². The summed E-state index contributed by atoms with van der Waals surface area (Å²) in [6.07, 6.45) is 1.01. The number of urea groups is 1. The zero-order valence-corrected chi connectivity index (χ0v) is 15.0. The van der Waals surface area contributed by atoms with E-state index in [1.807, 2.05) is 51.1 Å². The highest BCUT2D eigenvalue weighted by molar-refractivity contribution is 6.02. The number of hydrogen-bond acceptors (Lipinski definition) is 3. The maximum absolute atomic E-state index is 13.0. The number of benzene rings is 1. The SMILES string of the molecule is CC(C)(C)CC(=O)N1CC[C@H]2NC(=O)N(Cc3ccccc3)C(=O)[C@H]21. The zero-order valence-electron chi connectivity index (χ0n) is 15.0. The van der Waals surface area contributed by atoms with E-state index < -0.39 is 6.04 Å². The van der Waals surface area contributed by atoms with Crippen LogP contribution in [-0.4, -0.2) is 46.3 Å². The molecule has 0 unspecified atom stereocenters. The van der Waals surface area contributed by atoms with Gasteiger partial charge in [-0.1, -0.05) is 51.1 Å². The Morgan fingerprint density at radius 1 is 1.20 bits per heavy atom. The molecule has 0 spiro atoms. The Kier molecular flexibility index (Phi) is 4.54. The van der Waals surface area contributed by atoms with Crippen molar-refractivity contribution >= 4 is 17.8 Å². The summed E-state index contributed by atoms with van der Waals surface area (Å²) in [6.45, 7) is 6.74. The van der Waals surface area contributed by atoms with Gasteiger partial charge in [0.05, 0.1) is 12.6 Å². The highest BCUT2D eigenvalue weighted by atomic mass is 16.2. The average Bonchev–Trinajstić information content (AvgIpc) is 2.95. The molecule has 0 aromatic heterocycles. The molecule has 134 valence electrons. The Morgan fingerprint density at radius 2 is 1.88 bits per heavy atom. The Balaban J connectivity index is 1.78. The molecule has 0 saturated carbocycles. The lowest BCUT2D eigenvalue weighted by Crippen LogP contribution is -2.64. The molecule has 0 aliphatic carbocycles. The topological polar surface area (TPSA) is 69.7 Å². The molecule has 2 fully saturated rings. The van der Waals surface area contributed by atoms with Crippen molar-refractivity contribution in [3.63, 3.8) is 0 Å². The summed E-state index contributed by atoms with van der Waals surface area (Å²) in [4.78, 5) is 40.8. The number of hydrogen-bond donors (Lipinski definition) is 1. The molecule has 2 atom stereocenters. The van der Waals surface area contributed by atoms with Crippen LogP contribution in [0.2, 0.25) is 0 Å². The number of nitrogens with one attached hydrogen (secondary N) is 1. The maximum atomic E-state index is 13.0. The Hall–Kier alpha value is -2.37. The van der Waals surface area contributed by atoms with Crippen molar-refractivity contribution in [2.75, 3.05) is 6.54 Å². The molecule has 2 heterocycles. The van der Waals surface area contributed by atoms with Gasteiger partial charge in [0.25, 0.3) is 5.91 Å². The summed E-state index contributed by atoms with van der Waals surface area (Å²) in [5, 5.41) is 2.90. The van der Waals surface area contributed by atoms with Crippen LogP contribution in [0.3, 0.4) is 0 Å². The number of rotatable bonds is 3. The second kappa shape index (κ2) is 6.50. The van der Waals surface area contributed by atoms with Crippen molar-refractivity contribution in [2.45, 2.75) is 52.2 Å². The molecule has 3 rings (SSSR count). The number of carbonyl (C=O) groups excluding carboxylic acids is 3. The number of fused-ring (bicyclic) bond motifs is 1. The quantitative estimate of drug-likeness (QED) is 0.914. The molecule has 4 amide bonds. The van der Waals surface area contributed by atoms with E-state index in [0.717, 1.165) is 5.56 Å². The lowest BCUT2D eigenvalue weighted by Gasteiger charge is -2.37. The van der Waals surface area contributed by atoms with Crippen molar-refractivity contribution in [3.05, 3.63) is 35.9 Å². The van der Waals surface area contributed by atoms with E-state index in [0.29, 0.717) is 19.4 Å². The van der Waals surface area contributed by atoms with Gasteiger partial charge < -0.3 is 10.2 Å². The predicted molar refractivity (Wildman–Crippen MR) is 93.5 cm³/mol. The van der Waals surface area contributed by atoms with Gasteiger partial charge in [-0.15, -0.1) is 0 Å². The summed E-state index contributed by atoms with van der Waals surface area (Å²) in [5.41, 5.74) is 0.745. The monoisotopic (exact) mass is 343 g/mol. The fraction of sp³-hybridized carbons (Fsp3) is 0.526. The van der Waals surface area contributed by atoms with Crippen LogP contribution >= 0.6 is 0 Å². The first-order chi connectivity index (χ1) is 11.8. The van der Waals surface area contributed by atoms with Crippen molar-refractivity contribution in [3.8, 4) is 0 Å². The van der Waals surface area contributed by atoms with Crippen molar-refractivity contribution in [1.29, 1.82) is 0 Å². The van der Waals surface area contributed by atoms with Crippen LogP contribution in [0.5, 0.6) is 0 Å². The van der Waals surface area contributed by atoms with Crippen molar-refractivity contribution in [1.82, 2.24) is 15.1 Å². The largest absolute Gasteiger partial charge is 0.332 e. The van der Waals surface area contributed by atoms with E-state index in [1.54, 1.807) is 4.90 Å². The van der Waals surface area contributed by atoms with E-state index in [2.05, 4.69) is 5.32 Å². The van der Waals surface area contributed by atoms with Gasteiger partial charge in [-0.3, -0.25) is 14.5 Å². The van der Waals surface area contributed by atoms with Gasteiger partial charge in [-0.05, 0) is 17.4 Å². The molecule has 2 saturated heterocycles. The second-order valence-electron chi connectivity index (χ2n) is 8.02. The number of amides is 4. The Morgan fingerprint density at radius 3 is 2.52 bits per heavy atom. The molecule has 0 radical (unpaired) electrons. The van der Waals surface area contributed by atoms with Crippen LogP contribution in [0.15, 0.2) is 30.3 Å². The van der Waals surface area contributed by atoms with E-state index in [9.17, 15) is 14.4 Å². The van der Waals surface area contributed by atoms with Crippen LogP contribution in [0.4, 0.5) is 4.79 Å². The number of imide groups is 1. The minimum Gasteiger partial charge on any atom is -0.332 e. The predicted octanol–water partition coefficient (Wildman–Crippen LogP) is 2.14. The molecule has 6 heteroatoms. The smallest absolute Gasteiger partial charge is 0.324 e. The standard InChI is InChI=1S/C19H25N3O3/c1-19(2,3)11-15(23)21-10-9-14-16(21)17(24)22(18(25)20-14)12-13-7-5-4-6-8-13/h4-8,14,16H,9-12H2,1-3H3,(H,20,25)/t14-,16+/m1/s1. The minimum atomic E-state index is -0.587. The number of carbonyl (C=O) groups is 3. The highest BCUT2D eigenvalue weighted by Crippen LogP contribution is 2.28. The molecule has 1 aromatic carbocycles. The molecular weight excluding hydrogens is 318 g/mol. The molecule has 25 heavy (non-hydrogen) atoms. The molecule has 1 aromatic rings. The van der Waals surface area contributed by atoms with E-state index in [-0.39, 0.29) is 35.8 Å². The molecule has 6 nitrogen and oxygen atoms in total. The summed E-state index contributed by atoms with van der Waals surface area (Å²) in [6, 6.07) is 8.15. The molecular formula is C19H25N3O3. The van der Waals surface area contributed by atoms with Crippen LogP contribution in [0.1, 0.15) is 39.2 Å². The Labute approximate surface area is 148 Å². The first kappa shape index (κ1) is 17.5. The van der Waals surface area contributed by atoms with Crippen LogP contribution in [-0.2, 0) is 16.1 Å². The van der Waals surface area contributed by atoms with Gasteiger partial charge in [-0.2, -0.15) is 0 Å². The van der Waals surface area contributed by atoms with Crippen molar-refractivity contribution in [2.24, 2.45) is 5.41 Å². The van der Waals surface area contributed by atoms with Crippen molar-refractivity contribution < 1.29 is 14.4 Å². The number of likely N-dealkylation sites (tertiary alicyclic amines) is 1. The van der Waals surface area contributed by atoms with Crippen LogP contribution in [0.25, 0.3) is 0 Å². The van der Waals surface area contributed by atoms with Gasteiger partial charge in [0.15, 0.2) is 0 Å². The lowest BCUT2D eigenvalue weighted by atomic mass is 9.91. The highest BCUT2D eigenvalue weighted by Gasteiger charge is 2.49. The molecule has 1 N–H and O–H groups in total. The van der Waals surface area contributed by atoms with E-state index >= 15 is 0 Å². The van der Waals surface area contributed by atoms with Crippen LogP contribution < -0.4 is 5.32 Å². The third kappa shape index (κ3) is 3.67. The maximum Gasteiger partial charge on any atom is 0.324 e. The fourth-order valence-corrected chi connectivity index (χ4v) is 3.50. The molecule has 2 aliphatic heterocycles. The third-order valence-corrected chi connectivity index (χ3v) is 4.66. The summed E-state index contributed by atoms with van der Waals surface area (Å²) >= 11 is 0. The van der Waals surface area contributed by atoms with Crippen LogP contribution in [0, 0.1) is 5.41 Å². The normalized spacial score (nSPS) is 23.5. The molecule has 0 bridgehead atoms. The Bertz CT molecular complexity index is 681. The van der Waals surface area contributed by atoms with Gasteiger partial charge in [0.2, 0.25) is 5.91 Å². The van der Waals surface area contributed by atoms with Gasteiger partial charge in [0.1, 0.15) is 6.04 Å². The summed E-state index contributed by atoms with van der Waals surface area (Å²) in [5.74, 6) is -0.304. The van der Waals surface area contributed by atoms with E-state index in [4.69, 9.17) is 0 Å². The number of nitrogens with zero attached hydrogens (tertiary/aromatic N) is 2. The average molecular weight is 343 g/mol. The second-order valence-corrected chi connectivity index (χ2v) is 8.02. The summed E-state index contributed by atoms with van der Waals surface area (Å²) in [7, 11) is 0. The van der Waals surface area contributed by atoms with Gasteiger partial charge >= 0.3 is 6.03 Å². The molecule has 2 aliphatic rings. The third-order valence-electron chi connectivity index (χ3n) is 4.66. The summed E-state index contributed by atoms with van der Waals surface area (Å²) < 4.78 is 0. The van der Waals surface area contributed by atoms with E-state index in [1.165, 1.54) is 4.90 Å². The first-order valence-corrected chi connectivity index (χ1v) is 8.71. The fourth-order valence-electron chi connectivity index (χ4n) is 3.50. The van der Waals surface area contributed by atoms with Gasteiger partial charge in [0, 0.05) is 13.0 Å². The zero-order chi connectivity index (χ0) is 18.2. The first-order valence-electron chi connectivity index (χ1n) is 8.71. The minimum absolute atomic E-state index is 0.0239.